The van der Waals surface area contributed by atoms with Crippen molar-refractivity contribution >= 4 is 17.5 Å². The first kappa shape index (κ1) is 14.4. The fourth-order valence-electron chi connectivity index (χ4n) is 2.56. The number of alkyl halides is 1. The highest BCUT2D eigenvalue weighted by Crippen LogP contribution is 2.28. The van der Waals surface area contributed by atoms with Gasteiger partial charge in [0.05, 0.1) is 0 Å². The van der Waals surface area contributed by atoms with Gasteiger partial charge in [0, 0.05) is 17.5 Å². The van der Waals surface area contributed by atoms with Crippen molar-refractivity contribution in [2.75, 3.05) is 6.54 Å². The quantitative estimate of drug-likeness (QED) is 0.831. The largest absolute Gasteiger partial charge is 0.352 e. The minimum absolute atomic E-state index is 0.0216. The van der Waals surface area contributed by atoms with Crippen LogP contribution in [0, 0.1) is 5.92 Å². The molecule has 2 atom stereocenters. The molecule has 2 rings (SSSR count). The Kier molecular flexibility index (Phi) is 4.87. The molecule has 1 aromatic carbocycles. The molecule has 0 spiro atoms. The Morgan fingerprint density at radius 3 is 2.53 bits per heavy atom. The number of hydrogen-bond acceptors (Lipinski definition) is 1. The summed E-state index contributed by atoms with van der Waals surface area (Å²) >= 11 is 6.07. The van der Waals surface area contributed by atoms with Crippen molar-refractivity contribution in [3.63, 3.8) is 0 Å². The first-order valence-corrected chi connectivity index (χ1v) is 7.52. The monoisotopic (exact) mass is 279 g/mol. The zero-order valence-electron chi connectivity index (χ0n) is 11.7. The van der Waals surface area contributed by atoms with Gasteiger partial charge >= 0.3 is 0 Å². The average molecular weight is 280 g/mol. The van der Waals surface area contributed by atoms with E-state index in [0.717, 1.165) is 31.4 Å². The molecule has 3 heteroatoms. The lowest BCUT2D eigenvalue weighted by Gasteiger charge is -2.11. The maximum atomic E-state index is 12.0. The Balaban J connectivity index is 1.85. The number of hydrogen-bond donors (Lipinski definition) is 1. The third-order valence-corrected chi connectivity index (χ3v) is 4.26. The van der Waals surface area contributed by atoms with Crippen molar-refractivity contribution in [3.8, 4) is 0 Å². The molecule has 1 aliphatic rings. The van der Waals surface area contributed by atoms with Gasteiger partial charge in [0.1, 0.15) is 0 Å². The number of rotatable bonds is 4. The Morgan fingerprint density at radius 1 is 1.32 bits per heavy atom. The van der Waals surface area contributed by atoms with E-state index in [2.05, 4.69) is 19.2 Å². The van der Waals surface area contributed by atoms with E-state index in [0.29, 0.717) is 17.2 Å². The Bertz CT molecular complexity index is 427. The van der Waals surface area contributed by atoms with Crippen molar-refractivity contribution in [1.82, 2.24) is 5.32 Å². The lowest BCUT2D eigenvalue weighted by atomic mass is 10.0. The van der Waals surface area contributed by atoms with Crippen LogP contribution < -0.4 is 5.32 Å². The molecule has 0 aliphatic heterocycles. The first-order valence-electron chi connectivity index (χ1n) is 7.08. The smallest absolute Gasteiger partial charge is 0.251 e. The molecular formula is C16H22ClNO. The number of carbonyl (C=O) groups excluding carboxylic acids is 1. The number of carbonyl (C=O) groups is 1. The lowest BCUT2D eigenvalue weighted by Crippen LogP contribution is -2.28. The highest BCUT2D eigenvalue weighted by Gasteiger charge is 2.23. The predicted octanol–water partition coefficient (Wildman–Crippen LogP) is 3.95. The molecule has 104 valence electrons. The van der Waals surface area contributed by atoms with E-state index in [1.165, 1.54) is 5.56 Å². The Morgan fingerprint density at radius 2 is 2.00 bits per heavy atom. The second-order valence-electron chi connectivity index (χ2n) is 5.76. The van der Waals surface area contributed by atoms with Gasteiger partial charge in [-0.05, 0) is 48.8 Å². The van der Waals surface area contributed by atoms with E-state index in [1.807, 2.05) is 24.3 Å². The summed E-state index contributed by atoms with van der Waals surface area (Å²) in [6, 6.07) is 7.88. The molecule has 19 heavy (non-hydrogen) atoms. The molecule has 2 nitrogen and oxygen atoms in total. The standard InChI is InChI=1S/C16H22ClNO/c1-11(2)13-4-6-14(7-5-13)16(19)18-10-12-3-8-15(17)9-12/h4-7,11-12,15H,3,8-10H2,1-2H3,(H,18,19). The molecule has 1 fully saturated rings. The van der Waals surface area contributed by atoms with Gasteiger partial charge in [0.2, 0.25) is 0 Å². The van der Waals surface area contributed by atoms with Crippen LogP contribution in [0.1, 0.15) is 54.9 Å². The van der Waals surface area contributed by atoms with Crippen LogP contribution in [-0.2, 0) is 0 Å². The molecule has 1 amide bonds. The summed E-state index contributed by atoms with van der Waals surface area (Å²) in [6.07, 6.45) is 3.22. The second-order valence-corrected chi connectivity index (χ2v) is 6.38. The molecule has 1 aromatic rings. The maximum absolute atomic E-state index is 12.0. The molecule has 0 heterocycles. The van der Waals surface area contributed by atoms with Gasteiger partial charge in [-0.2, -0.15) is 0 Å². The topological polar surface area (TPSA) is 29.1 Å². The number of benzene rings is 1. The van der Waals surface area contributed by atoms with Crippen molar-refractivity contribution in [2.45, 2.75) is 44.4 Å². The molecule has 0 saturated heterocycles. The van der Waals surface area contributed by atoms with E-state index in [1.54, 1.807) is 0 Å². The molecular weight excluding hydrogens is 258 g/mol. The van der Waals surface area contributed by atoms with Crippen LogP contribution in [-0.4, -0.2) is 17.8 Å². The minimum atomic E-state index is 0.0216. The average Bonchev–Trinajstić information content (AvgIpc) is 2.82. The van der Waals surface area contributed by atoms with Crippen molar-refractivity contribution in [3.05, 3.63) is 35.4 Å². The van der Waals surface area contributed by atoms with Gasteiger partial charge in [-0.15, -0.1) is 11.6 Å². The summed E-state index contributed by atoms with van der Waals surface area (Å²) in [7, 11) is 0. The number of halogens is 1. The van der Waals surface area contributed by atoms with Crippen molar-refractivity contribution in [2.24, 2.45) is 5.92 Å². The summed E-state index contributed by atoms with van der Waals surface area (Å²) in [4.78, 5) is 12.0. The normalized spacial score (nSPS) is 22.7. The molecule has 1 saturated carbocycles. The third-order valence-electron chi connectivity index (χ3n) is 3.87. The Labute approximate surface area is 120 Å². The van der Waals surface area contributed by atoms with Crippen LogP contribution >= 0.6 is 11.6 Å². The van der Waals surface area contributed by atoms with Crippen LogP contribution in [0.4, 0.5) is 0 Å². The summed E-state index contributed by atoms with van der Waals surface area (Å²) in [5.41, 5.74) is 2.00. The summed E-state index contributed by atoms with van der Waals surface area (Å²) in [5, 5.41) is 3.31. The van der Waals surface area contributed by atoms with Gasteiger partial charge in [-0.3, -0.25) is 4.79 Å². The first-order chi connectivity index (χ1) is 9.06. The SMILES string of the molecule is CC(C)c1ccc(C(=O)NCC2CCC(Cl)C2)cc1. The summed E-state index contributed by atoms with van der Waals surface area (Å²) < 4.78 is 0. The van der Waals surface area contributed by atoms with E-state index in [9.17, 15) is 4.79 Å². The highest BCUT2D eigenvalue weighted by atomic mass is 35.5. The van der Waals surface area contributed by atoms with Crippen molar-refractivity contribution in [1.29, 1.82) is 0 Å². The van der Waals surface area contributed by atoms with E-state index in [-0.39, 0.29) is 5.91 Å². The van der Waals surface area contributed by atoms with Gasteiger partial charge in [0.15, 0.2) is 0 Å². The van der Waals surface area contributed by atoms with Crippen LogP contribution in [0.25, 0.3) is 0 Å². The minimum Gasteiger partial charge on any atom is -0.352 e. The Hall–Kier alpha value is -1.02. The van der Waals surface area contributed by atoms with Crippen LogP contribution in [0.15, 0.2) is 24.3 Å². The molecule has 2 unspecified atom stereocenters. The third kappa shape index (κ3) is 3.97. The molecule has 0 radical (unpaired) electrons. The fraction of sp³-hybridized carbons (Fsp3) is 0.562. The van der Waals surface area contributed by atoms with Crippen LogP contribution in [0.2, 0.25) is 0 Å². The summed E-state index contributed by atoms with van der Waals surface area (Å²) in [5.74, 6) is 1.06. The van der Waals surface area contributed by atoms with Gasteiger partial charge < -0.3 is 5.32 Å². The molecule has 1 aliphatic carbocycles. The van der Waals surface area contributed by atoms with E-state index in [4.69, 9.17) is 11.6 Å². The van der Waals surface area contributed by atoms with Crippen molar-refractivity contribution < 1.29 is 4.79 Å². The molecule has 1 N–H and O–H groups in total. The predicted molar refractivity (Wildman–Crippen MR) is 79.8 cm³/mol. The van der Waals surface area contributed by atoms with Gasteiger partial charge in [-0.1, -0.05) is 26.0 Å². The second kappa shape index (κ2) is 6.42. The highest BCUT2D eigenvalue weighted by molar-refractivity contribution is 6.20. The zero-order chi connectivity index (χ0) is 13.8. The van der Waals surface area contributed by atoms with E-state index >= 15 is 0 Å². The number of nitrogens with one attached hydrogen (secondary N) is 1. The lowest BCUT2D eigenvalue weighted by molar-refractivity contribution is 0.0947. The number of amides is 1. The molecule has 0 aromatic heterocycles. The van der Waals surface area contributed by atoms with Gasteiger partial charge in [-0.25, -0.2) is 0 Å². The summed E-state index contributed by atoms with van der Waals surface area (Å²) in [6.45, 7) is 5.05. The maximum Gasteiger partial charge on any atom is 0.251 e. The van der Waals surface area contributed by atoms with Gasteiger partial charge in [0.25, 0.3) is 5.91 Å². The van der Waals surface area contributed by atoms with Crippen LogP contribution in [0.5, 0.6) is 0 Å². The van der Waals surface area contributed by atoms with Crippen LogP contribution in [0.3, 0.4) is 0 Å². The molecule has 0 bridgehead atoms. The van der Waals surface area contributed by atoms with E-state index < -0.39 is 0 Å². The zero-order valence-corrected chi connectivity index (χ0v) is 12.4. The fourth-order valence-corrected chi connectivity index (χ4v) is 2.94.